The lowest BCUT2D eigenvalue weighted by Crippen LogP contribution is -2.30. The fourth-order valence-corrected chi connectivity index (χ4v) is 3.73. The van der Waals surface area contributed by atoms with Crippen LogP contribution in [0.3, 0.4) is 0 Å². The number of allylic oxidation sites excluding steroid dienone is 4. The minimum absolute atomic E-state index is 0.0667. The summed E-state index contributed by atoms with van der Waals surface area (Å²) in [5, 5.41) is 10.0. The van der Waals surface area contributed by atoms with Crippen LogP contribution in [-0.4, -0.2) is 30.6 Å². The van der Waals surface area contributed by atoms with Crippen LogP contribution in [0.2, 0.25) is 0 Å². The zero-order chi connectivity index (χ0) is 21.3. The fourth-order valence-electron chi connectivity index (χ4n) is 3.73. The van der Waals surface area contributed by atoms with Gasteiger partial charge in [0.25, 0.3) is 0 Å². The van der Waals surface area contributed by atoms with E-state index in [9.17, 15) is 10.1 Å². The molecule has 0 spiro atoms. The Morgan fingerprint density at radius 2 is 2.10 bits per heavy atom. The molecule has 1 heterocycles. The number of aromatic nitrogens is 1. The Hall–Kier alpha value is -3.10. The Balaban J connectivity index is 2.20. The average Bonchev–Trinajstić information content (AvgIpc) is 3.08. The minimum atomic E-state index is -0.500. The molecular formula is C24H26N2O3. The molecule has 0 unspecified atom stereocenters. The van der Waals surface area contributed by atoms with Gasteiger partial charge in [0.15, 0.2) is 5.78 Å². The van der Waals surface area contributed by atoms with Crippen LogP contribution in [0.1, 0.15) is 49.3 Å². The molecule has 0 saturated heterocycles. The van der Waals surface area contributed by atoms with E-state index in [1.165, 1.54) is 0 Å². The van der Waals surface area contributed by atoms with Crippen molar-refractivity contribution in [1.82, 2.24) is 4.98 Å². The van der Waals surface area contributed by atoms with E-state index in [0.29, 0.717) is 29.1 Å². The van der Waals surface area contributed by atoms with Crippen LogP contribution in [0, 0.1) is 11.3 Å². The number of ether oxygens (including phenoxy) is 2. The van der Waals surface area contributed by atoms with Crippen molar-refractivity contribution in [2.24, 2.45) is 0 Å². The third-order valence-corrected chi connectivity index (χ3v) is 5.32. The quantitative estimate of drug-likeness (QED) is 0.708. The third kappa shape index (κ3) is 3.52. The summed E-state index contributed by atoms with van der Waals surface area (Å²) in [6.45, 7) is 12.2. The average molecular weight is 390 g/mol. The first-order valence-electron chi connectivity index (χ1n) is 9.59. The molecule has 0 atom stereocenters. The molecule has 0 fully saturated rings. The molecule has 0 saturated carbocycles. The highest BCUT2D eigenvalue weighted by Crippen LogP contribution is 2.44. The number of aromatic amines is 1. The molecule has 3 rings (SSSR count). The lowest BCUT2D eigenvalue weighted by Gasteiger charge is -2.33. The highest BCUT2D eigenvalue weighted by Gasteiger charge is 2.40. The van der Waals surface area contributed by atoms with Crippen molar-refractivity contribution in [3.63, 3.8) is 0 Å². The van der Waals surface area contributed by atoms with Crippen molar-refractivity contribution in [2.75, 3.05) is 13.7 Å². The lowest BCUT2D eigenvalue weighted by atomic mass is 9.70. The molecular weight excluding hydrogens is 364 g/mol. The summed E-state index contributed by atoms with van der Waals surface area (Å²) in [5.41, 5.74) is 3.65. The molecule has 1 aromatic heterocycles. The summed E-state index contributed by atoms with van der Waals surface area (Å²) in [7, 11) is 1.60. The number of methoxy groups -OCH3 is 1. The zero-order valence-electron chi connectivity index (χ0n) is 17.6. The number of nitrogens with zero attached hydrogens (tertiary/aromatic N) is 1. The van der Waals surface area contributed by atoms with E-state index in [-0.39, 0.29) is 11.9 Å². The monoisotopic (exact) mass is 390 g/mol. The van der Waals surface area contributed by atoms with Gasteiger partial charge in [-0.25, -0.2) is 0 Å². The van der Waals surface area contributed by atoms with Crippen molar-refractivity contribution in [2.45, 2.75) is 39.2 Å². The van der Waals surface area contributed by atoms with Crippen LogP contribution in [0.5, 0.6) is 0 Å². The Labute approximate surface area is 171 Å². The Kier molecular flexibility index (Phi) is 5.50. The van der Waals surface area contributed by atoms with E-state index >= 15 is 0 Å². The van der Waals surface area contributed by atoms with Crippen molar-refractivity contribution in [1.29, 1.82) is 5.26 Å². The Morgan fingerprint density at radius 1 is 1.38 bits per heavy atom. The van der Waals surface area contributed by atoms with Crippen molar-refractivity contribution < 1.29 is 14.3 Å². The van der Waals surface area contributed by atoms with E-state index < -0.39 is 5.41 Å². The van der Waals surface area contributed by atoms with Crippen LogP contribution in [0.15, 0.2) is 53.8 Å². The second kappa shape index (κ2) is 7.73. The standard InChI is InChI=1S/C24H26N2O3/c1-7-17-19(11-16(28-6)13-29-14(2)3)24(4,5)23-21(22(17)27)18-9-8-15(12-25)10-20(18)26-23/h7-11,14,26H,1,13H2,2-6H3/b16-11+. The smallest absolute Gasteiger partial charge is 0.195 e. The van der Waals surface area contributed by atoms with Crippen LogP contribution in [0.4, 0.5) is 0 Å². The molecule has 5 heteroatoms. The van der Waals surface area contributed by atoms with E-state index in [0.717, 1.165) is 22.2 Å². The number of Topliss-reactive ketones (excluding diaryl/α,β-unsaturated/α-hetero) is 1. The topological polar surface area (TPSA) is 75.1 Å². The number of carbonyl (C=O) groups excluding carboxylic acids is 1. The molecule has 1 aliphatic rings. The van der Waals surface area contributed by atoms with Gasteiger partial charge in [-0.15, -0.1) is 0 Å². The first-order chi connectivity index (χ1) is 13.7. The zero-order valence-corrected chi connectivity index (χ0v) is 17.6. The maximum absolute atomic E-state index is 13.4. The molecule has 2 aromatic rings. The summed E-state index contributed by atoms with van der Waals surface area (Å²) >= 11 is 0. The van der Waals surface area contributed by atoms with Gasteiger partial charge in [0.1, 0.15) is 12.4 Å². The lowest BCUT2D eigenvalue weighted by molar-refractivity contribution is 0.0684. The highest BCUT2D eigenvalue weighted by molar-refractivity contribution is 6.20. The van der Waals surface area contributed by atoms with Gasteiger partial charge in [0, 0.05) is 27.6 Å². The first-order valence-corrected chi connectivity index (χ1v) is 9.59. The summed E-state index contributed by atoms with van der Waals surface area (Å²) in [6.07, 6.45) is 3.56. The summed E-state index contributed by atoms with van der Waals surface area (Å²) in [5.74, 6) is 0.553. The SMILES string of the molecule is C=CC1=C(/C=C(\COC(C)C)OC)C(C)(C)c2[nH]c3cc(C#N)ccc3c2C1=O. The highest BCUT2D eigenvalue weighted by atomic mass is 16.5. The molecule has 5 nitrogen and oxygen atoms in total. The molecule has 0 radical (unpaired) electrons. The first kappa shape index (κ1) is 20.6. The number of H-pyrrole nitrogens is 1. The summed E-state index contributed by atoms with van der Waals surface area (Å²) < 4.78 is 11.2. The number of ketones is 1. The van der Waals surface area contributed by atoms with E-state index in [1.54, 1.807) is 25.3 Å². The molecule has 150 valence electrons. The largest absolute Gasteiger partial charge is 0.499 e. The number of carbonyl (C=O) groups is 1. The van der Waals surface area contributed by atoms with Crippen molar-refractivity contribution in [3.8, 4) is 6.07 Å². The molecule has 0 aliphatic heterocycles. The minimum Gasteiger partial charge on any atom is -0.499 e. The number of nitrogens with one attached hydrogen (secondary N) is 1. The second-order valence-corrected chi connectivity index (χ2v) is 7.91. The summed E-state index contributed by atoms with van der Waals surface area (Å²) in [4.78, 5) is 16.8. The fraction of sp³-hybridized carbons (Fsp3) is 0.333. The Morgan fingerprint density at radius 3 is 2.69 bits per heavy atom. The maximum Gasteiger partial charge on any atom is 0.195 e. The third-order valence-electron chi connectivity index (χ3n) is 5.32. The van der Waals surface area contributed by atoms with Crippen LogP contribution in [0.25, 0.3) is 10.9 Å². The predicted octanol–water partition coefficient (Wildman–Crippen LogP) is 4.95. The number of hydrogen-bond acceptors (Lipinski definition) is 4. The molecule has 0 bridgehead atoms. The van der Waals surface area contributed by atoms with Gasteiger partial charge in [-0.3, -0.25) is 4.79 Å². The van der Waals surface area contributed by atoms with Crippen LogP contribution < -0.4 is 0 Å². The van der Waals surface area contributed by atoms with Gasteiger partial charge < -0.3 is 14.5 Å². The molecule has 1 aromatic carbocycles. The number of benzene rings is 1. The predicted molar refractivity (Wildman–Crippen MR) is 114 cm³/mol. The van der Waals surface area contributed by atoms with Gasteiger partial charge in [-0.1, -0.05) is 32.6 Å². The van der Waals surface area contributed by atoms with Crippen molar-refractivity contribution in [3.05, 3.63) is 70.7 Å². The van der Waals surface area contributed by atoms with Gasteiger partial charge in [0.05, 0.1) is 30.4 Å². The molecule has 0 amide bonds. The number of fused-ring (bicyclic) bond motifs is 3. The number of hydrogen-bond donors (Lipinski definition) is 1. The van der Waals surface area contributed by atoms with E-state index in [4.69, 9.17) is 9.47 Å². The molecule has 29 heavy (non-hydrogen) atoms. The Bertz CT molecular complexity index is 1090. The van der Waals surface area contributed by atoms with Gasteiger partial charge >= 0.3 is 0 Å². The van der Waals surface area contributed by atoms with E-state index in [1.807, 2.05) is 26.0 Å². The van der Waals surface area contributed by atoms with Gasteiger partial charge in [-0.2, -0.15) is 5.26 Å². The maximum atomic E-state index is 13.4. The van der Waals surface area contributed by atoms with Crippen LogP contribution >= 0.6 is 0 Å². The van der Waals surface area contributed by atoms with Crippen LogP contribution in [-0.2, 0) is 14.9 Å². The molecule has 1 aliphatic carbocycles. The summed E-state index contributed by atoms with van der Waals surface area (Å²) in [6, 6.07) is 7.48. The molecule has 1 N–H and O–H groups in total. The van der Waals surface area contributed by atoms with Gasteiger partial charge in [0.2, 0.25) is 0 Å². The normalized spacial score (nSPS) is 16.2. The number of rotatable bonds is 6. The van der Waals surface area contributed by atoms with E-state index in [2.05, 4.69) is 31.5 Å². The second-order valence-electron chi connectivity index (χ2n) is 7.91. The van der Waals surface area contributed by atoms with Gasteiger partial charge in [-0.05, 0) is 37.6 Å². The van der Waals surface area contributed by atoms with Crippen molar-refractivity contribution >= 4 is 16.7 Å². The number of nitriles is 1.